The van der Waals surface area contributed by atoms with Crippen LogP contribution in [0.1, 0.15) is 36.2 Å². The summed E-state index contributed by atoms with van der Waals surface area (Å²) in [5, 5.41) is 5.71. The molecule has 0 aliphatic carbocycles. The van der Waals surface area contributed by atoms with Gasteiger partial charge in [0.25, 0.3) is 5.91 Å². The van der Waals surface area contributed by atoms with E-state index in [9.17, 15) is 18.8 Å². The first-order valence-electron chi connectivity index (χ1n) is 12.6. The normalized spacial score (nSPS) is 17.7. The number of hydrogen-bond donors (Lipinski definition) is 3. The van der Waals surface area contributed by atoms with E-state index < -0.39 is 17.5 Å². The molecule has 0 unspecified atom stereocenters. The van der Waals surface area contributed by atoms with Crippen LogP contribution >= 0.6 is 0 Å². The third-order valence-electron chi connectivity index (χ3n) is 6.95. The number of pyridine rings is 2. The van der Waals surface area contributed by atoms with E-state index in [1.54, 1.807) is 16.7 Å². The molecule has 1 fully saturated rings. The molecule has 2 atom stereocenters. The van der Waals surface area contributed by atoms with Crippen molar-refractivity contribution in [2.45, 2.75) is 45.4 Å². The highest BCUT2D eigenvalue weighted by Crippen LogP contribution is 2.23. The minimum atomic E-state index is -0.834. The van der Waals surface area contributed by atoms with Crippen LogP contribution in [0.4, 0.5) is 10.2 Å². The van der Waals surface area contributed by atoms with Crippen molar-refractivity contribution >= 4 is 28.7 Å². The number of rotatable bonds is 8. The second kappa shape index (κ2) is 11.1. The van der Waals surface area contributed by atoms with Gasteiger partial charge in [0.2, 0.25) is 11.3 Å². The van der Waals surface area contributed by atoms with Gasteiger partial charge >= 0.3 is 0 Å². The Balaban J connectivity index is 1.51. The maximum Gasteiger partial charge on any atom is 0.258 e. The second-order valence-corrected chi connectivity index (χ2v) is 9.23. The van der Waals surface area contributed by atoms with Gasteiger partial charge in [0.1, 0.15) is 23.2 Å². The number of likely N-dealkylation sites (N-methyl/N-ethyl adjacent to an activating group) is 1. The summed E-state index contributed by atoms with van der Waals surface area (Å²) in [5.41, 5.74) is 8.33. The first kappa shape index (κ1) is 26.3. The van der Waals surface area contributed by atoms with Gasteiger partial charge in [-0.25, -0.2) is 9.37 Å². The van der Waals surface area contributed by atoms with E-state index in [0.29, 0.717) is 42.8 Å². The van der Waals surface area contributed by atoms with Crippen LogP contribution < -0.4 is 21.8 Å². The summed E-state index contributed by atoms with van der Waals surface area (Å²) < 4.78 is 15.3. The molecule has 2 amide bonds. The van der Waals surface area contributed by atoms with Crippen molar-refractivity contribution in [2.75, 3.05) is 32.4 Å². The highest BCUT2D eigenvalue weighted by Gasteiger charge is 2.30. The summed E-state index contributed by atoms with van der Waals surface area (Å²) in [6.07, 6.45) is -0.163. The van der Waals surface area contributed by atoms with Gasteiger partial charge in [0, 0.05) is 38.3 Å². The average molecular weight is 509 g/mol. The van der Waals surface area contributed by atoms with Crippen LogP contribution in [0.15, 0.2) is 41.2 Å². The van der Waals surface area contributed by atoms with Crippen LogP contribution in [0.25, 0.3) is 22.3 Å². The second-order valence-electron chi connectivity index (χ2n) is 9.23. The Labute approximate surface area is 214 Å². The van der Waals surface area contributed by atoms with E-state index in [1.165, 1.54) is 7.05 Å². The molecule has 9 nitrogen and oxygen atoms in total. The molecule has 1 aliphatic heterocycles. The van der Waals surface area contributed by atoms with Gasteiger partial charge < -0.3 is 20.9 Å². The summed E-state index contributed by atoms with van der Waals surface area (Å²) in [6, 6.07) is 10.9. The zero-order chi connectivity index (χ0) is 26.7. The SMILES string of the molecule is CCN1C[C@H](F)C[C@H]1CNC(=O)Cc1ccc(-c2ccc3c(=O)c(C(=O)NC)c(N)n(CC)c3n2)cc1. The van der Waals surface area contributed by atoms with Crippen molar-refractivity contribution < 1.29 is 14.0 Å². The van der Waals surface area contributed by atoms with Crippen LogP contribution in [0.3, 0.4) is 0 Å². The fraction of sp³-hybridized carbons (Fsp3) is 0.407. The maximum absolute atomic E-state index is 13.7. The van der Waals surface area contributed by atoms with Gasteiger partial charge in [0.15, 0.2) is 0 Å². The topological polar surface area (TPSA) is 122 Å². The minimum Gasteiger partial charge on any atom is -0.384 e. The Morgan fingerprint density at radius 1 is 1.14 bits per heavy atom. The number of benzene rings is 1. The van der Waals surface area contributed by atoms with Crippen LogP contribution in [-0.4, -0.2) is 65.2 Å². The summed E-state index contributed by atoms with van der Waals surface area (Å²) in [5.74, 6) is -0.566. The Hall–Kier alpha value is -3.79. The Kier molecular flexibility index (Phi) is 7.87. The molecule has 2 aromatic heterocycles. The molecule has 4 N–H and O–H groups in total. The minimum absolute atomic E-state index is 0.0345. The monoisotopic (exact) mass is 508 g/mol. The van der Waals surface area contributed by atoms with Crippen molar-refractivity contribution in [1.29, 1.82) is 0 Å². The van der Waals surface area contributed by atoms with E-state index in [1.807, 2.05) is 38.1 Å². The Morgan fingerprint density at radius 2 is 1.86 bits per heavy atom. The quantitative estimate of drug-likeness (QED) is 0.429. The summed E-state index contributed by atoms with van der Waals surface area (Å²) in [7, 11) is 1.45. The molecule has 3 heterocycles. The molecule has 1 aromatic carbocycles. The zero-order valence-corrected chi connectivity index (χ0v) is 21.4. The Morgan fingerprint density at radius 3 is 2.51 bits per heavy atom. The molecule has 0 bridgehead atoms. The summed E-state index contributed by atoms with van der Waals surface area (Å²) in [4.78, 5) is 44.4. The number of aromatic nitrogens is 2. The molecule has 10 heteroatoms. The molecule has 4 rings (SSSR count). The van der Waals surface area contributed by atoms with Gasteiger partial charge in [-0.1, -0.05) is 31.2 Å². The fourth-order valence-electron chi connectivity index (χ4n) is 4.95. The van der Waals surface area contributed by atoms with Crippen LogP contribution in [0.5, 0.6) is 0 Å². The lowest BCUT2D eigenvalue weighted by molar-refractivity contribution is -0.120. The van der Waals surface area contributed by atoms with E-state index in [-0.39, 0.29) is 29.8 Å². The molecule has 0 radical (unpaired) electrons. The largest absolute Gasteiger partial charge is 0.384 e. The highest BCUT2D eigenvalue weighted by molar-refractivity contribution is 6.01. The number of amides is 2. The van der Waals surface area contributed by atoms with Crippen molar-refractivity contribution in [3.8, 4) is 11.3 Å². The van der Waals surface area contributed by atoms with Gasteiger partial charge in [0.05, 0.1) is 17.5 Å². The third kappa shape index (κ3) is 5.34. The van der Waals surface area contributed by atoms with E-state index in [2.05, 4.69) is 20.5 Å². The van der Waals surface area contributed by atoms with Gasteiger partial charge in [-0.15, -0.1) is 0 Å². The average Bonchev–Trinajstić information content (AvgIpc) is 3.27. The highest BCUT2D eigenvalue weighted by atomic mass is 19.1. The van der Waals surface area contributed by atoms with Gasteiger partial charge in [-0.3, -0.25) is 19.3 Å². The van der Waals surface area contributed by atoms with Crippen LogP contribution in [0.2, 0.25) is 0 Å². The lowest BCUT2D eigenvalue weighted by atomic mass is 10.0. The first-order valence-corrected chi connectivity index (χ1v) is 12.6. The number of carbonyl (C=O) groups excluding carboxylic acids is 2. The number of carbonyl (C=O) groups is 2. The standard InChI is InChI=1S/C27H33FN6O3/c1-4-33-15-18(28)13-19(33)14-31-22(35)12-16-6-8-17(9-7-16)21-11-10-20-24(36)23(27(37)30-3)25(29)34(5-2)26(20)32-21/h6-11,18-19H,4-5,12-15,29H2,1-3H3,(H,30,37)(H,31,35)/t18-,19+/m1/s1. The molecular weight excluding hydrogens is 475 g/mol. The predicted octanol–water partition coefficient (Wildman–Crippen LogP) is 2.12. The lowest BCUT2D eigenvalue weighted by Gasteiger charge is -2.22. The Bertz CT molecular complexity index is 1370. The number of nitrogens with one attached hydrogen (secondary N) is 2. The zero-order valence-electron chi connectivity index (χ0n) is 21.4. The number of nitrogen functional groups attached to an aromatic ring is 1. The number of aryl methyl sites for hydroxylation is 1. The molecule has 37 heavy (non-hydrogen) atoms. The molecule has 1 aliphatic rings. The molecule has 3 aromatic rings. The van der Waals surface area contributed by atoms with Crippen molar-refractivity contribution in [1.82, 2.24) is 25.1 Å². The number of likely N-dealkylation sites (tertiary alicyclic amines) is 1. The molecule has 1 saturated heterocycles. The number of hydrogen-bond acceptors (Lipinski definition) is 6. The number of anilines is 1. The molecular formula is C27H33FN6O3. The molecule has 0 saturated carbocycles. The van der Waals surface area contributed by atoms with Gasteiger partial charge in [-0.05, 0) is 37.6 Å². The van der Waals surface area contributed by atoms with Crippen molar-refractivity contribution in [3.05, 3.63) is 57.7 Å². The maximum atomic E-state index is 13.7. The van der Waals surface area contributed by atoms with Crippen LogP contribution in [-0.2, 0) is 17.8 Å². The number of nitrogens with zero attached hydrogens (tertiary/aromatic N) is 3. The fourth-order valence-corrected chi connectivity index (χ4v) is 4.95. The predicted molar refractivity (Wildman–Crippen MR) is 142 cm³/mol. The van der Waals surface area contributed by atoms with E-state index in [0.717, 1.165) is 17.7 Å². The smallest absolute Gasteiger partial charge is 0.258 e. The number of halogens is 1. The summed E-state index contributed by atoms with van der Waals surface area (Å²) in [6.45, 7) is 5.93. The lowest BCUT2D eigenvalue weighted by Crippen LogP contribution is -2.40. The van der Waals surface area contributed by atoms with Crippen molar-refractivity contribution in [3.63, 3.8) is 0 Å². The van der Waals surface area contributed by atoms with E-state index in [4.69, 9.17) is 5.73 Å². The van der Waals surface area contributed by atoms with Crippen LogP contribution in [0, 0.1) is 0 Å². The van der Waals surface area contributed by atoms with Crippen molar-refractivity contribution in [2.24, 2.45) is 0 Å². The number of fused-ring (bicyclic) bond motifs is 1. The number of nitrogens with two attached hydrogens (primary N) is 1. The van der Waals surface area contributed by atoms with Gasteiger partial charge in [-0.2, -0.15) is 0 Å². The molecule has 0 spiro atoms. The summed E-state index contributed by atoms with van der Waals surface area (Å²) >= 11 is 0. The number of alkyl halides is 1. The van der Waals surface area contributed by atoms with E-state index >= 15 is 0 Å². The molecule has 196 valence electrons. The first-order chi connectivity index (χ1) is 17.8. The third-order valence-corrected chi connectivity index (χ3v) is 6.95.